The molecule has 1 saturated heterocycles. The van der Waals surface area contributed by atoms with Crippen LogP contribution in [-0.4, -0.2) is 63.9 Å². The smallest absolute Gasteiger partial charge is 0.410 e. The van der Waals surface area contributed by atoms with Crippen LogP contribution in [0.15, 0.2) is 12.3 Å². The molecular formula is C17H23N5O5. The van der Waals surface area contributed by atoms with Crippen LogP contribution in [0, 0.1) is 21.4 Å². The van der Waals surface area contributed by atoms with E-state index in [1.54, 1.807) is 25.7 Å². The molecule has 0 saturated carbocycles. The van der Waals surface area contributed by atoms with Crippen molar-refractivity contribution >= 4 is 17.6 Å². The highest BCUT2D eigenvalue weighted by Crippen LogP contribution is 2.30. The lowest BCUT2D eigenvalue weighted by Crippen LogP contribution is -2.56. The molecule has 10 heteroatoms. The maximum atomic E-state index is 12.3. The Morgan fingerprint density at radius 3 is 2.78 bits per heavy atom. The molecule has 1 aromatic rings. The standard InChI is InChI=1S/C17H23N5O5/c1-17(2,3)27-16(24)20-5-6-21(13(11-20)4-7-23)15-14(22(25)26)8-12(9-18)10-19-15/h8,10,13,23H,4-7,11H2,1-3H3. The summed E-state index contributed by atoms with van der Waals surface area (Å²) in [5.74, 6) is 0.126. The van der Waals surface area contributed by atoms with Crippen LogP contribution in [0.2, 0.25) is 0 Å². The zero-order valence-electron chi connectivity index (χ0n) is 15.6. The molecule has 10 nitrogen and oxygen atoms in total. The average molecular weight is 377 g/mol. The number of pyridine rings is 1. The number of ether oxygens (including phenoxy) is 1. The fourth-order valence-corrected chi connectivity index (χ4v) is 2.89. The number of hydrogen-bond donors (Lipinski definition) is 1. The monoisotopic (exact) mass is 377 g/mol. The van der Waals surface area contributed by atoms with Crippen LogP contribution in [0.1, 0.15) is 32.8 Å². The van der Waals surface area contributed by atoms with Crippen molar-refractivity contribution in [3.05, 3.63) is 27.9 Å². The van der Waals surface area contributed by atoms with Gasteiger partial charge in [-0.15, -0.1) is 0 Å². The fourth-order valence-electron chi connectivity index (χ4n) is 2.89. The molecule has 0 radical (unpaired) electrons. The first kappa shape index (κ1) is 20.4. The number of nitriles is 1. The molecule has 1 atom stereocenters. The van der Waals surface area contributed by atoms with Crippen molar-refractivity contribution in [1.82, 2.24) is 9.88 Å². The number of aromatic nitrogens is 1. The van der Waals surface area contributed by atoms with Gasteiger partial charge >= 0.3 is 11.8 Å². The van der Waals surface area contributed by atoms with Crippen molar-refractivity contribution < 1.29 is 19.6 Å². The van der Waals surface area contributed by atoms with E-state index in [0.717, 1.165) is 0 Å². The maximum absolute atomic E-state index is 12.3. The highest BCUT2D eigenvalue weighted by atomic mass is 16.6. The highest BCUT2D eigenvalue weighted by molar-refractivity contribution is 5.69. The number of carbonyl (C=O) groups excluding carboxylic acids is 1. The number of anilines is 1. The van der Waals surface area contributed by atoms with Crippen LogP contribution in [-0.2, 0) is 4.74 Å². The molecule has 1 fully saturated rings. The largest absolute Gasteiger partial charge is 0.444 e. The molecule has 2 rings (SSSR count). The summed E-state index contributed by atoms with van der Waals surface area (Å²) in [4.78, 5) is 30.5. The second-order valence-electron chi connectivity index (χ2n) is 7.22. The third-order valence-electron chi connectivity index (χ3n) is 4.04. The quantitative estimate of drug-likeness (QED) is 0.619. The van der Waals surface area contributed by atoms with E-state index in [1.165, 1.54) is 17.2 Å². The number of nitrogens with zero attached hydrogens (tertiary/aromatic N) is 5. The van der Waals surface area contributed by atoms with Gasteiger partial charge in [-0.2, -0.15) is 5.26 Å². The lowest BCUT2D eigenvalue weighted by atomic mass is 10.1. The summed E-state index contributed by atoms with van der Waals surface area (Å²) >= 11 is 0. The summed E-state index contributed by atoms with van der Waals surface area (Å²) in [7, 11) is 0. The van der Waals surface area contributed by atoms with Gasteiger partial charge in [-0.1, -0.05) is 0 Å². The topological polar surface area (TPSA) is 133 Å². The van der Waals surface area contributed by atoms with Crippen LogP contribution >= 0.6 is 0 Å². The first-order chi connectivity index (χ1) is 12.7. The van der Waals surface area contributed by atoms with Gasteiger partial charge in [0.25, 0.3) is 0 Å². The highest BCUT2D eigenvalue weighted by Gasteiger charge is 2.35. The van der Waals surface area contributed by atoms with E-state index in [1.807, 2.05) is 6.07 Å². The van der Waals surface area contributed by atoms with Gasteiger partial charge in [0.2, 0.25) is 5.82 Å². The summed E-state index contributed by atoms with van der Waals surface area (Å²) < 4.78 is 5.38. The van der Waals surface area contributed by atoms with E-state index >= 15 is 0 Å². The zero-order chi connectivity index (χ0) is 20.2. The van der Waals surface area contributed by atoms with Gasteiger partial charge in [-0.3, -0.25) is 10.1 Å². The minimum atomic E-state index is -0.631. The van der Waals surface area contributed by atoms with Crippen LogP contribution < -0.4 is 4.90 Å². The first-order valence-electron chi connectivity index (χ1n) is 8.56. The molecule has 27 heavy (non-hydrogen) atoms. The Labute approximate surface area is 157 Å². The number of amides is 1. The van der Waals surface area contributed by atoms with Crippen LogP contribution in [0.3, 0.4) is 0 Å². The van der Waals surface area contributed by atoms with Crippen molar-refractivity contribution in [1.29, 1.82) is 5.26 Å². The van der Waals surface area contributed by atoms with Gasteiger partial charge in [0.1, 0.15) is 11.7 Å². The Kier molecular flexibility index (Phi) is 6.17. The van der Waals surface area contributed by atoms with Crippen molar-refractivity contribution in [3.8, 4) is 6.07 Å². The van der Waals surface area contributed by atoms with E-state index in [9.17, 15) is 20.0 Å². The van der Waals surface area contributed by atoms with Gasteiger partial charge in [-0.05, 0) is 27.2 Å². The maximum Gasteiger partial charge on any atom is 0.410 e. The average Bonchev–Trinajstić information content (AvgIpc) is 2.60. The Morgan fingerprint density at radius 2 is 2.22 bits per heavy atom. The van der Waals surface area contributed by atoms with E-state index in [0.29, 0.717) is 19.5 Å². The van der Waals surface area contributed by atoms with E-state index < -0.39 is 16.6 Å². The zero-order valence-corrected chi connectivity index (χ0v) is 15.6. The number of hydrogen-bond acceptors (Lipinski definition) is 8. The lowest BCUT2D eigenvalue weighted by molar-refractivity contribution is -0.384. The Hall–Kier alpha value is -2.93. The number of aliphatic hydroxyl groups is 1. The van der Waals surface area contributed by atoms with Gasteiger partial charge in [-0.25, -0.2) is 9.78 Å². The molecule has 1 aliphatic heterocycles. The summed E-state index contributed by atoms with van der Waals surface area (Å²) in [5, 5.41) is 29.8. The summed E-state index contributed by atoms with van der Waals surface area (Å²) in [6.07, 6.45) is 1.11. The number of rotatable bonds is 4. The normalized spacial score (nSPS) is 17.4. The fraction of sp³-hybridized carbons (Fsp3) is 0.588. The van der Waals surface area contributed by atoms with Gasteiger partial charge in [0, 0.05) is 38.5 Å². The number of piperazine rings is 1. The molecule has 1 aliphatic rings. The third-order valence-corrected chi connectivity index (χ3v) is 4.04. The minimum absolute atomic E-state index is 0.0940. The molecule has 146 valence electrons. The molecule has 0 aromatic carbocycles. The predicted octanol–water partition coefficient (Wildman–Crippen LogP) is 1.67. The molecule has 1 aromatic heterocycles. The Balaban J connectivity index is 2.28. The SMILES string of the molecule is CC(C)(C)OC(=O)N1CCN(c2ncc(C#N)cc2[N+](=O)[O-])C(CCO)C1. The Morgan fingerprint density at radius 1 is 1.52 bits per heavy atom. The molecular weight excluding hydrogens is 354 g/mol. The molecule has 2 heterocycles. The lowest BCUT2D eigenvalue weighted by Gasteiger charge is -2.41. The molecule has 1 unspecified atom stereocenters. The molecule has 0 spiro atoms. The number of aliphatic hydroxyl groups excluding tert-OH is 1. The third kappa shape index (κ3) is 5.04. The number of nitro groups is 1. The summed E-state index contributed by atoms with van der Waals surface area (Å²) in [6, 6.07) is 2.65. The van der Waals surface area contributed by atoms with Crippen LogP contribution in [0.5, 0.6) is 0 Å². The van der Waals surface area contributed by atoms with Crippen molar-refractivity contribution in [3.63, 3.8) is 0 Å². The van der Waals surface area contributed by atoms with Crippen molar-refractivity contribution in [2.75, 3.05) is 31.1 Å². The molecule has 1 amide bonds. The van der Waals surface area contributed by atoms with Crippen molar-refractivity contribution in [2.45, 2.75) is 38.8 Å². The van der Waals surface area contributed by atoms with Crippen molar-refractivity contribution in [2.24, 2.45) is 0 Å². The Bertz CT molecular complexity index is 755. The van der Waals surface area contributed by atoms with Crippen LogP contribution in [0.4, 0.5) is 16.3 Å². The second kappa shape index (κ2) is 8.18. The van der Waals surface area contributed by atoms with E-state index in [4.69, 9.17) is 10.00 Å². The number of carbonyl (C=O) groups is 1. The molecule has 0 bridgehead atoms. The van der Waals surface area contributed by atoms with E-state index in [-0.39, 0.29) is 36.3 Å². The minimum Gasteiger partial charge on any atom is -0.444 e. The van der Waals surface area contributed by atoms with Gasteiger partial charge in [0.05, 0.1) is 16.5 Å². The van der Waals surface area contributed by atoms with Gasteiger partial charge < -0.3 is 19.6 Å². The molecule has 1 N–H and O–H groups in total. The summed E-state index contributed by atoms with van der Waals surface area (Å²) in [5.41, 5.74) is -0.812. The summed E-state index contributed by atoms with van der Waals surface area (Å²) in [6.45, 7) is 6.02. The van der Waals surface area contributed by atoms with E-state index in [2.05, 4.69) is 4.98 Å². The van der Waals surface area contributed by atoms with Gasteiger partial charge in [0.15, 0.2) is 0 Å². The second-order valence-corrected chi connectivity index (χ2v) is 7.22. The predicted molar refractivity (Wildman–Crippen MR) is 96.3 cm³/mol. The first-order valence-corrected chi connectivity index (χ1v) is 8.56. The molecule has 0 aliphatic carbocycles. The van der Waals surface area contributed by atoms with Crippen LogP contribution in [0.25, 0.3) is 0 Å².